The summed E-state index contributed by atoms with van der Waals surface area (Å²) in [7, 11) is -3.75. The Balaban J connectivity index is 1.76. The van der Waals surface area contributed by atoms with Crippen molar-refractivity contribution in [3.63, 3.8) is 0 Å². The number of benzene rings is 2. The highest BCUT2D eigenvalue weighted by Crippen LogP contribution is 2.30. The molecule has 0 aliphatic rings. The van der Waals surface area contributed by atoms with Crippen LogP contribution >= 0.6 is 22.9 Å². The molecular formula is C16H10ClN3O2S2. The molecule has 0 spiro atoms. The van der Waals surface area contributed by atoms with E-state index in [1.807, 2.05) is 18.2 Å². The molecule has 0 bridgehead atoms. The van der Waals surface area contributed by atoms with Gasteiger partial charge in [-0.05, 0) is 18.2 Å². The third-order valence-corrected chi connectivity index (χ3v) is 6.31. The summed E-state index contributed by atoms with van der Waals surface area (Å²) in [4.78, 5) is 8.70. The first-order chi connectivity index (χ1) is 11.5. The highest BCUT2D eigenvalue weighted by molar-refractivity contribution is 7.93. The van der Waals surface area contributed by atoms with Crippen molar-refractivity contribution < 1.29 is 8.42 Å². The molecule has 0 saturated carbocycles. The van der Waals surface area contributed by atoms with Gasteiger partial charge in [-0.1, -0.05) is 35.9 Å². The van der Waals surface area contributed by atoms with Crippen LogP contribution in [-0.2, 0) is 10.0 Å². The monoisotopic (exact) mass is 375 g/mol. The molecule has 0 aliphatic heterocycles. The Morgan fingerprint density at radius 3 is 2.79 bits per heavy atom. The first kappa shape index (κ1) is 15.3. The van der Waals surface area contributed by atoms with Gasteiger partial charge < -0.3 is 0 Å². The predicted molar refractivity (Wildman–Crippen MR) is 97.2 cm³/mol. The maximum atomic E-state index is 12.7. The predicted octanol–water partition coefficient (Wildman–Crippen LogP) is 4.30. The maximum Gasteiger partial charge on any atom is 0.264 e. The molecule has 0 amide bonds. The molecule has 5 nitrogen and oxygen atoms in total. The Morgan fingerprint density at radius 1 is 1.08 bits per heavy atom. The minimum Gasteiger partial charge on any atom is -0.262 e. The van der Waals surface area contributed by atoms with Gasteiger partial charge in [-0.15, -0.1) is 11.3 Å². The average Bonchev–Trinajstić information content (AvgIpc) is 2.99. The van der Waals surface area contributed by atoms with Crippen molar-refractivity contribution in [3.05, 3.63) is 59.1 Å². The van der Waals surface area contributed by atoms with Crippen LogP contribution in [0.25, 0.3) is 21.1 Å². The van der Waals surface area contributed by atoms with Gasteiger partial charge in [0.05, 0.1) is 16.7 Å². The first-order valence-electron chi connectivity index (χ1n) is 6.95. The van der Waals surface area contributed by atoms with Crippen LogP contribution in [0, 0.1) is 0 Å². The van der Waals surface area contributed by atoms with E-state index in [2.05, 4.69) is 14.7 Å². The van der Waals surface area contributed by atoms with Gasteiger partial charge >= 0.3 is 0 Å². The zero-order chi connectivity index (χ0) is 16.7. The Labute approximate surface area is 147 Å². The molecule has 4 aromatic rings. The number of para-hydroxylation sites is 1. The molecule has 2 heterocycles. The normalized spacial score (nSPS) is 11.9. The summed E-state index contributed by atoms with van der Waals surface area (Å²) in [6.07, 6.45) is 1.36. The summed E-state index contributed by atoms with van der Waals surface area (Å²) in [6.45, 7) is 0. The minimum atomic E-state index is -3.75. The van der Waals surface area contributed by atoms with Crippen molar-refractivity contribution >= 4 is 59.9 Å². The van der Waals surface area contributed by atoms with Crippen LogP contribution in [0.3, 0.4) is 0 Å². The van der Waals surface area contributed by atoms with Gasteiger partial charge in [0.15, 0.2) is 5.82 Å². The lowest BCUT2D eigenvalue weighted by molar-refractivity contribution is 0.602. The lowest BCUT2D eigenvalue weighted by Crippen LogP contribution is -2.13. The van der Waals surface area contributed by atoms with Crippen LogP contribution in [0.5, 0.6) is 0 Å². The summed E-state index contributed by atoms with van der Waals surface area (Å²) >= 11 is 7.43. The topological polar surface area (TPSA) is 72.0 Å². The van der Waals surface area contributed by atoms with Crippen molar-refractivity contribution in [2.75, 3.05) is 4.72 Å². The SMILES string of the molecule is O=S(=O)(Nc1cnc2c(Cl)cccc2n1)c1csc2ccccc12. The summed E-state index contributed by atoms with van der Waals surface area (Å²) in [5, 5.41) is 2.78. The second kappa shape index (κ2) is 5.70. The van der Waals surface area contributed by atoms with Crippen LogP contribution in [0.15, 0.2) is 58.9 Å². The van der Waals surface area contributed by atoms with Crippen LogP contribution in [0.2, 0.25) is 5.02 Å². The summed E-state index contributed by atoms with van der Waals surface area (Å²) in [5.41, 5.74) is 1.06. The minimum absolute atomic E-state index is 0.153. The number of halogens is 1. The van der Waals surface area contributed by atoms with Crippen LogP contribution in [-0.4, -0.2) is 18.4 Å². The fourth-order valence-corrected chi connectivity index (χ4v) is 5.12. The number of sulfonamides is 1. The van der Waals surface area contributed by atoms with E-state index in [0.717, 1.165) is 4.70 Å². The number of hydrogen-bond donors (Lipinski definition) is 1. The summed E-state index contributed by atoms with van der Waals surface area (Å²) in [6, 6.07) is 12.5. The largest absolute Gasteiger partial charge is 0.264 e. The summed E-state index contributed by atoms with van der Waals surface area (Å²) in [5.74, 6) is 0.153. The van der Waals surface area contributed by atoms with Crippen molar-refractivity contribution in [1.29, 1.82) is 0 Å². The number of aromatic nitrogens is 2. The smallest absolute Gasteiger partial charge is 0.262 e. The van der Waals surface area contributed by atoms with Gasteiger partial charge in [-0.2, -0.15) is 0 Å². The second-order valence-corrected chi connectivity index (χ2v) is 8.03. The molecule has 2 aromatic carbocycles. The number of nitrogens with one attached hydrogen (secondary N) is 1. The molecule has 24 heavy (non-hydrogen) atoms. The number of thiophene rings is 1. The zero-order valence-electron chi connectivity index (χ0n) is 12.1. The van der Waals surface area contributed by atoms with Gasteiger partial charge in [-0.3, -0.25) is 4.72 Å². The summed E-state index contributed by atoms with van der Waals surface area (Å²) < 4.78 is 28.8. The molecule has 0 radical (unpaired) electrons. The molecular weight excluding hydrogens is 366 g/mol. The molecule has 4 rings (SSSR count). The molecule has 0 atom stereocenters. The molecule has 120 valence electrons. The Kier molecular flexibility index (Phi) is 3.64. The molecule has 1 N–H and O–H groups in total. The lowest BCUT2D eigenvalue weighted by atomic mass is 10.3. The number of hydrogen-bond acceptors (Lipinski definition) is 5. The van der Waals surface area contributed by atoms with Crippen molar-refractivity contribution in [2.24, 2.45) is 0 Å². The van der Waals surface area contributed by atoms with E-state index in [4.69, 9.17) is 11.6 Å². The Hall–Kier alpha value is -2.22. The quantitative estimate of drug-likeness (QED) is 0.579. The van der Waals surface area contributed by atoms with E-state index in [1.165, 1.54) is 17.5 Å². The van der Waals surface area contributed by atoms with E-state index < -0.39 is 10.0 Å². The fourth-order valence-electron chi connectivity index (χ4n) is 2.41. The van der Waals surface area contributed by atoms with E-state index >= 15 is 0 Å². The van der Waals surface area contributed by atoms with E-state index in [-0.39, 0.29) is 10.7 Å². The molecule has 2 aromatic heterocycles. The number of fused-ring (bicyclic) bond motifs is 2. The number of anilines is 1. The highest BCUT2D eigenvalue weighted by Gasteiger charge is 2.20. The van der Waals surface area contributed by atoms with E-state index in [9.17, 15) is 8.42 Å². The Bertz CT molecular complexity index is 1170. The van der Waals surface area contributed by atoms with Crippen LogP contribution in [0.4, 0.5) is 5.82 Å². The van der Waals surface area contributed by atoms with Gasteiger partial charge in [0.2, 0.25) is 0 Å². The fraction of sp³-hybridized carbons (Fsp3) is 0. The molecule has 0 fully saturated rings. The lowest BCUT2D eigenvalue weighted by Gasteiger charge is -2.07. The van der Waals surface area contributed by atoms with E-state index in [0.29, 0.717) is 21.4 Å². The van der Waals surface area contributed by atoms with Crippen LogP contribution in [0.1, 0.15) is 0 Å². The van der Waals surface area contributed by atoms with Crippen molar-refractivity contribution in [2.45, 2.75) is 4.90 Å². The van der Waals surface area contributed by atoms with Crippen molar-refractivity contribution in [1.82, 2.24) is 9.97 Å². The van der Waals surface area contributed by atoms with Gasteiger partial charge in [0, 0.05) is 15.5 Å². The maximum absolute atomic E-state index is 12.7. The number of rotatable bonds is 3. The third kappa shape index (κ3) is 2.60. The van der Waals surface area contributed by atoms with Gasteiger partial charge in [0.25, 0.3) is 10.0 Å². The standard InChI is InChI=1S/C16H10ClN3O2S2/c17-11-5-3-6-12-16(11)18-8-15(19-12)20-24(21,22)14-9-23-13-7-2-1-4-10(13)14/h1-9H,(H,19,20). The molecule has 0 saturated heterocycles. The van der Waals surface area contributed by atoms with Gasteiger partial charge in [-0.25, -0.2) is 18.4 Å². The van der Waals surface area contributed by atoms with Gasteiger partial charge in [0.1, 0.15) is 10.4 Å². The zero-order valence-corrected chi connectivity index (χ0v) is 14.5. The highest BCUT2D eigenvalue weighted by atomic mass is 35.5. The van der Waals surface area contributed by atoms with E-state index in [1.54, 1.807) is 29.6 Å². The second-order valence-electron chi connectivity index (χ2n) is 5.06. The molecule has 8 heteroatoms. The average molecular weight is 376 g/mol. The number of nitrogens with zero attached hydrogens (tertiary/aromatic N) is 2. The van der Waals surface area contributed by atoms with Crippen LogP contribution < -0.4 is 4.72 Å². The first-order valence-corrected chi connectivity index (χ1v) is 9.69. The van der Waals surface area contributed by atoms with Crippen molar-refractivity contribution in [3.8, 4) is 0 Å². The molecule has 0 unspecified atom stereocenters. The third-order valence-electron chi connectivity index (χ3n) is 3.50. The Morgan fingerprint density at radius 2 is 1.92 bits per heavy atom. The molecule has 0 aliphatic carbocycles.